The first-order valence-electron chi connectivity index (χ1n) is 8.33. The van der Waals surface area contributed by atoms with Crippen molar-refractivity contribution in [1.82, 2.24) is 0 Å². The van der Waals surface area contributed by atoms with Gasteiger partial charge in [-0.25, -0.2) is 8.42 Å². The number of rotatable bonds is 5. The summed E-state index contributed by atoms with van der Waals surface area (Å²) in [6.45, 7) is 2.25. The number of fused-ring (bicyclic) bond motifs is 1. The van der Waals surface area contributed by atoms with E-state index >= 15 is 0 Å². The minimum Gasteiger partial charge on any atom is -0.374 e. The molecule has 1 atom stereocenters. The van der Waals surface area contributed by atoms with Gasteiger partial charge < -0.3 is 10.2 Å². The lowest BCUT2D eigenvalue weighted by Crippen LogP contribution is -2.40. The highest BCUT2D eigenvalue weighted by molar-refractivity contribution is 7.90. The van der Waals surface area contributed by atoms with Crippen LogP contribution in [0.5, 0.6) is 0 Å². The van der Waals surface area contributed by atoms with E-state index < -0.39 is 26.5 Å². The molecule has 1 heterocycles. The Kier molecular flexibility index (Phi) is 4.88. The summed E-state index contributed by atoms with van der Waals surface area (Å²) in [5, 5.41) is 14.0. The quantitative estimate of drug-likeness (QED) is 0.621. The van der Waals surface area contributed by atoms with Crippen molar-refractivity contribution < 1.29 is 18.1 Å². The van der Waals surface area contributed by atoms with Crippen LogP contribution >= 0.6 is 0 Å². The summed E-state index contributed by atoms with van der Waals surface area (Å²) in [5.74, 6) is -0.154. The summed E-state index contributed by atoms with van der Waals surface area (Å²) in [5.41, 5.74) is 1.81. The average molecular weight is 389 g/mol. The summed E-state index contributed by atoms with van der Waals surface area (Å²) < 4.78 is 23.7. The molecule has 0 saturated heterocycles. The Morgan fingerprint density at radius 3 is 2.63 bits per heavy atom. The van der Waals surface area contributed by atoms with E-state index in [1.165, 1.54) is 12.1 Å². The molecule has 27 heavy (non-hydrogen) atoms. The summed E-state index contributed by atoms with van der Waals surface area (Å²) in [7, 11) is -3.79. The van der Waals surface area contributed by atoms with Gasteiger partial charge in [0.1, 0.15) is 10.9 Å². The van der Waals surface area contributed by atoms with Crippen molar-refractivity contribution in [1.29, 1.82) is 0 Å². The monoisotopic (exact) mass is 389 g/mol. The Balaban J connectivity index is 1.83. The zero-order chi connectivity index (χ0) is 19.8. The number of anilines is 2. The first-order chi connectivity index (χ1) is 12.7. The average Bonchev–Trinajstić information content (AvgIpc) is 3.04. The van der Waals surface area contributed by atoms with Crippen LogP contribution in [-0.2, 0) is 21.1 Å². The Labute approximate surface area is 156 Å². The van der Waals surface area contributed by atoms with E-state index in [1.807, 2.05) is 24.3 Å². The van der Waals surface area contributed by atoms with Gasteiger partial charge in [0.25, 0.3) is 5.69 Å². The van der Waals surface area contributed by atoms with Gasteiger partial charge in [0.15, 0.2) is 9.84 Å². The summed E-state index contributed by atoms with van der Waals surface area (Å²) in [6, 6.07) is 10.8. The Morgan fingerprint density at radius 1 is 1.26 bits per heavy atom. The molecule has 0 aromatic heterocycles. The Morgan fingerprint density at radius 2 is 1.96 bits per heavy atom. The maximum absolute atomic E-state index is 12.8. The van der Waals surface area contributed by atoms with Crippen LogP contribution in [0, 0.1) is 10.1 Å². The van der Waals surface area contributed by atoms with Gasteiger partial charge in [0.2, 0.25) is 5.91 Å². The Bertz CT molecular complexity index is 1020. The van der Waals surface area contributed by atoms with Crippen LogP contribution in [0.15, 0.2) is 47.4 Å². The number of carbonyl (C=O) groups excluding carboxylic acids is 1. The highest BCUT2D eigenvalue weighted by Gasteiger charge is 2.28. The zero-order valence-electron chi connectivity index (χ0n) is 14.9. The number of nitrogens with zero attached hydrogens (tertiary/aromatic N) is 2. The number of benzene rings is 2. The number of hydrogen-bond donors (Lipinski definition) is 1. The van der Waals surface area contributed by atoms with Crippen LogP contribution < -0.4 is 10.2 Å². The topological polar surface area (TPSA) is 110 Å². The third-order valence-electron chi connectivity index (χ3n) is 4.46. The zero-order valence-corrected chi connectivity index (χ0v) is 15.7. The van der Waals surface area contributed by atoms with Crippen molar-refractivity contribution in [3.8, 4) is 0 Å². The molecule has 1 amide bonds. The first-order valence-corrected chi connectivity index (χ1v) is 10.2. The standard InChI is InChI=1S/C18H19N3O5S/c1-12(18(22)20-10-9-13-5-3-4-6-15(13)20)19-14-7-8-16(21(23)24)17(11-14)27(2,25)26/h3-8,11-12,19H,9-10H2,1-2H3. The van der Waals surface area contributed by atoms with Gasteiger partial charge in [-0.05, 0) is 37.1 Å². The normalized spacial score (nSPS) is 14.5. The first kappa shape index (κ1) is 18.8. The van der Waals surface area contributed by atoms with E-state index in [-0.39, 0.29) is 10.8 Å². The maximum Gasteiger partial charge on any atom is 0.288 e. The number of carbonyl (C=O) groups is 1. The van der Waals surface area contributed by atoms with Gasteiger partial charge in [-0.2, -0.15) is 0 Å². The lowest BCUT2D eigenvalue weighted by atomic mass is 10.2. The summed E-state index contributed by atoms with van der Waals surface area (Å²) in [6.07, 6.45) is 1.69. The van der Waals surface area contributed by atoms with Crippen LogP contribution in [0.3, 0.4) is 0 Å². The van der Waals surface area contributed by atoms with Gasteiger partial charge in [0, 0.05) is 30.2 Å². The molecular formula is C18H19N3O5S. The molecule has 1 aliphatic heterocycles. The van der Waals surface area contributed by atoms with Crippen molar-refractivity contribution in [3.63, 3.8) is 0 Å². The lowest BCUT2D eigenvalue weighted by molar-refractivity contribution is -0.387. The molecule has 0 bridgehead atoms. The summed E-state index contributed by atoms with van der Waals surface area (Å²) >= 11 is 0. The lowest BCUT2D eigenvalue weighted by Gasteiger charge is -2.23. The number of sulfone groups is 1. The molecule has 0 radical (unpaired) electrons. The molecule has 0 saturated carbocycles. The third kappa shape index (κ3) is 3.77. The van der Waals surface area contributed by atoms with Gasteiger partial charge in [0.05, 0.1) is 4.92 Å². The number of nitrogens with one attached hydrogen (secondary N) is 1. The molecule has 0 aliphatic carbocycles. The molecule has 0 spiro atoms. The van der Waals surface area contributed by atoms with Crippen LogP contribution in [0.2, 0.25) is 0 Å². The number of nitro benzene ring substituents is 1. The minimum atomic E-state index is -3.79. The molecule has 2 aromatic carbocycles. The fraction of sp³-hybridized carbons (Fsp3) is 0.278. The molecule has 1 aliphatic rings. The number of amides is 1. The molecule has 0 fully saturated rings. The van der Waals surface area contributed by atoms with Gasteiger partial charge >= 0.3 is 0 Å². The second-order valence-corrected chi connectivity index (χ2v) is 8.43. The van der Waals surface area contributed by atoms with E-state index in [2.05, 4.69) is 5.32 Å². The third-order valence-corrected chi connectivity index (χ3v) is 5.59. The van der Waals surface area contributed by atoms with Crippen molar-refractivity contribution in [2.45, 2.75) is 24.3 Å². The predicted molar refractivity (Wildman–Crippen MR) is 102 cm³/mol. The van der Waals surface area contributed by atoms with Crippen LogP contribution in [0.25, 0.3) is 0 Å². The maximum atomic E-state index is 12.8. The van der Waals surface area contributed by atoms with Gasteiger partial charge in [-0.3, -0.25) is 14.9 Å². The molecule has 142 valence electrons. The highest BCUT2D eigenvalue weighted by Crippen LogP contribution is 2.30. The van der Waals surface area contributed by atoms with E-state index in [9.17, 15) is 23.3 Å². The van der Waals surface area contributed by atoms with Gasteiger partial charge in [-0.1, -0.05) is 18.2 Å². The summed E-state index contributed by atoms with van der Waals surface area (Å²) in [4.78, 5) is 24.4. The molecule has 9 heteroatoms. The fourth-order valence-corrected chi connectivity index (χ4v) is 4.03. The van der Waals surface area contributed by atoms with E-state index in [0.29, 0.717) is 12.2 Å². The molecular weight excluding hydrogens is 370 g/mol. The van der Waals surface area contributed by atoms with E-state index in [4.69, 9.17) is 0 Å². The largest absolute Gasteiger partial charge is 0.374 e. The van der Waals surface area contributed by atoms with E-state index in [1.54, 1.807) is 11.8 Å². The molecule has 8 nitrogen and oxygen atoms in total. The van der Waals surface area contributed by atoms with Gasteiger partial charge in [-0.15, -0.1) is 0 Å². The molecule has 1 unspecified atom stereocenters. The smallest absolute Gasteiger partial charge is 0.288 e. The number of hydrogen-bond acceptors (Lipinski definition) is 6. The molecule has 2 aromatic rings. The minimum absolute atomic E-state index is 0.154. The second kappa shape index (κ2) is 6.99. The van der Waals surface area contributed by atoms with Crippen molar-refractivity contribution in [2.24, 2.45) is 0 Å². The Hall–Kier alpha value is -2.94. The predicted octanol–water partition coefficient (Wildman–Crippen LogP) is 2.39. The van der Waals surface area contributed by atoms with Crippen molar-refractivity contribution in [2.75, 3.05) is 23.0 Å². The number of nitro groups is 1. The van der Waals surface area contributed by atoms with Crippen LogP contribution in [-0.4, -0.2) is 38.1 Å². The van der Waals surface area contributed by atoms with Crippen LogP contribution in [0.4, 0.5) is 17.1 Å². The van der Waals surface area contributed by atoms with Crippen LogP contribution in [0.1, 0.15) is 12.5 Å². The van der Waals surface area contributed by atoms with Crippen molar-refractivity contribution in [3.05, 3.63) is 58.1 Å². The van der Waals surface area contributed by atoms with Crippen molar-refractivity contribution >= 4 is 32.8 Å². The SMILES string of the molecule is CC(Nc1ccc([N+](=O)[O-])c(S(C)(=O)=O)c1)C(=O)N1CCc2ccccc21. The fourth-order valence-electron chi connectivity index (χ4n) is 3.16. The molecule has 1 N–H and O–H groups in total. The second-order valence-electron chi connectivity index (χ2n) is 6.45. The molecule has 3 rings (SSSR count). The highest BCUT2D eigenvalue weighted by atomic mass is 32.2. The van der Waals surface area contributed by atoms with E-state index in [0.717, 1.165) is 30.0 Å². The number of para-hydroxylation sites is 1.